The van der Waals surface area contributed by atoms with Crippen LogP contribution in [-0.4, -0.2) is 29.8 Å². The number of hydrogen-bond donors (Lipinski definition) is 1. The van der Waals surface area contributed by atoms with Crippen LogP contribution >= 0.6 is 0 Å². The van der Waals surface area contributed by atoms with Gasteiger partial charge in [-0.05, 0) is 29.7 Å². The largest absolute Gasteiger partial charge is 0.416 e. The van der Waals surface area contributed by atoms with E-state index in [0.29, 0.717) is 31.6 Å². The highest BCUT2D eigenvalue weighted by molar-refractivity contribution is 5.89. The minimum Gasteiger partial charge on any atom is -0.355 e. The molecule has 1 aliphatic heterocycles. The summed E-state index contributed by atoms with van der Waals surface area (Å²) in [7, 11) is 0. The summed E-state index contributed by atoms with van der Waals surface area (Å²) in [6.07, 6.45) is -3.75. The van der Waals surface area contributed by atoms with Gasteiger partial charge in [-0.1, -0.05) is 42.5 Å². The zero-order chi connectivity index (χ0) is 20.1. The smallest absolute Gasteiger partial charge is 0.355 e. The maximum atomic E-state index is 12.6. The highest BCUT2D eigenvalue weighted by atomic mass is 19.4. The number of benzene rings is 2. The van der Waals surface area contributed by atoms with E-state index in [0.717, 1.165) is 17.7 Å². The first-order valence-corrected chi connectivity index (χ1v) is 9.08. The Morgan fingerprint density at radius 3 is 2.36 bits per heavy atom. The Kier molecular flexibility index (Phi) is 6.02. The van der Waals surface area contributed by atoms with Crippen molar-refractivity contribution >= 4 is 11.8 Å². The van der Waals surface area contributed by atoms with Crippen molar-refractivity contribution in [2.75, 3.05) is 13.1 Å². The Hall–Kier alpha value is -2.83. The third kappa shape index (κ3) is 5.12. The average molecular weight is 390 g/mol. The summed E-state index contributed by atoms with van der Waals surface area (Å²) in [5, 5.41) is 2.78. The van der Waals surface area contributed by atoms with E-state index in [1.165, 1.54) is 12.1 Å². The maximum absolute atomic E-state index is 12.6. The quantitative estimate of drug-likeness (QED) is 0.822. The summed E-state index contributed by atoms with van der Waals surface area (Å²) < 4.78 is 37.7. The van der Waals surface area contributed by atoms with E-state index in [4.69, 9.17) is 0 Å². The molecule has 148 valence electrons. The first-order chi connectivity index (χ1) is 13.3. The number of hydrogen-bond acceptors (Lipinski definition) is 2. The molecule has 1 aliphatic rings. The zero-order valence-corrected chi connectivity index (χ0v) is 15.2. The molecule has 1 atom stereocenters. The summed E-state index contributed by atoms with van der Waals surface area (Å²) in [5.41, 5.74) is 1.03. The normalized spacial score (nSPS) is 17.0. The number of alkyl halides is 3. The van der Waals surface area contributed by atoms with Gasteiger partial charge >= 0.3 is 6.18 Å². The second-order valence-corrected chi connectivity index (χ2v) is 6.90. The minimum absolute atomic E-state index is 0.0493. The molecule has 0 saturated carbocycles. The number of carbonyl (C=O) groups is 2. The molecule has 0 aliphatic carbocycles. The van der Waals surface area contributed by atoms with Crippen LogP contribution in [0.3, 0.4) is 0 Å². The van der Waals surface area contributed by atoms with Crippen molar-refractivity contribution in [3.8, 4) is 0 Å². The molecule has 4 nitrogen and oxygen atoms in total. The van der Waals surface area contributed by atoms with E-state index in [-0.39, 0.29) is 18.2 Å². The van der Waals surface area contributed by atoms with E-state index in [2.05, 4.69) is 5.32 Å². The zero-order valence-electron chi connectivity index (χ0n) is 15.2. The summed E-state index contributed by atoms with van der Waals surface area (Å²) in [4.78, 5) is 26.2. The Labute approximate surface area is 161 Å². The molecule has 1 N–H and O–H groups in total. The van der Waals surface area contributed by atoms with E-state index < -0.39 is 17.7 Å². The van der Waals surface area contributed by atoms with Crippen LogP contribution in [0.2, 0.25) is 0 Å². The van der Waals surface area contributed by atoms with Crippen molar-refractivity contribution in [2.24, 2.45) is 5.92 Å². The molecule has 0 radical (unpaired) electrons. The number of likely N-dealkylation sites (tertiary alicyclic amines) is 1. The molecular formula is C21H21F3N2O2. The molecule has 0 bridgehead atoms. The molecule has 0 spiro atoms. The molecule has 1 heterocycles. The first kappa shape index (κ1) is 19.9. The second-order valence-electron chi connectivity index (χ2n) is 6.90. The van der Waals surface area contributed by atoms with Crippen LogP contribution in [0.5, 0.6) is 0 Å². The number of halogens is 3. The molecule has 7 heteroatoms. The second kappa shape index (κ2) is 8.46. The van der Waals surface area contributed by atoms with Crippen molar-refractivity contribution < 1.29 is 22.8 Å². The third-order valence-electron chi connectivity index (χ3n) is 4.80. The molecule has 0 unspecified atom stereocenters. The van der Waals surface area contributed by atoms with Gasteiger partial charge in [-0.3, -0.25) is 9.59 Å². The van der Waals surface area contributed by atoms with E-state index in [9.17, 15) is 22.8 Å². The minimum atomic E-state index is -4.35. The SMILES string of the molecule is O=C(NCCc1ccc(C(F)(F)F)cc1)[C@@H]1CC(=O)N(Cc2ccccc2)C1. The van der Waals surface area contributed by atoms with Crippen molar-refractivity contribution in [1.82, 2.24) is 10.2 Å². The lowest BCUT2D eigenvalue weighted by Gasteiger charge is -2.16. The van der Waals surface area contributed by atoms with Crippen LogP contribution < -0.4 is 5.32 Å². The number of rotatable bonds is 6. The van der Waals surface area contributed by atoms with Gasteiger partial charge in [0.05, 0.1) is 11.5 Å². The molecule has 2 aromatic rings. The van der Waals surface area contributed by atoms with Crippen LogP contribution in [0.15, 0.2) is 54.6 Å². The van der Waals surface area contributed by atoms with Gasteiger partial charge in [0.1, 0.15) is 0 Å². The van der Waals surface area contributed by atoms with E-state index >= 15 is 0 Å². The fraction of sp³-hybridized carbons (Fsp3) is 0.333. The Balaban J connectivity index is 1.46. The van der Waals surface area contributed by atoms with Gasteiger partial charge in [0.25, 0.3) is 0 Å². The fourth-order valence-electron chi connectivity index (χ4n) is 3.24. The van der Waals surface area contributed by atoms with Crippen molar-refractivity contribution in [2.45, 2.75) is 25.6 Å². The highest BCUT2D eigenvalue weighted by Crippen LogP contribution is 2.29. The first-order valence-electron chi connectivity index (χ1n) is 9.08. The Morgan fingerprint density at radius 2 is 1.71 bits per heavy atom. The van der Waals surface area contributed by atoms with Crippen molar-refractivity contribution in [1.29, 1.82) is 0 Å². The highest BCUT2D eigenvalue weighted by Gasteiger charge is 2.34. The summed E-state index contributed by atoms with van der Waals surface area (Å²) in [6.45, 7) is 1.17. The molecule has 1 fully saturated rings. The van der Waals surface area contributed by atoms with Crippen LogP contribution in [0.25, 0.3) is 0 Å². The van der Waals surface area contributed by atoms with Gasteiger partial charge in [0.15, 0.2) is 0 Å². The number of nitrogens with one attached hydrogen (secondary N) is 1. The van der Waals surface area contributed by atoms with E-state index in [1.807, 2.05) is 30.3 Å². The van der Waals surface area contributed by atoms with Crippen LogP contribution in [0.1, 0.15) is 23.1 Å². The number of amides is 2. The van der Waals surface area contributed by atoms with Gasteiger partial charge in [0, 0.05) is 26.1 Å². The fourth-order valence-corrected chi connectivity index (χ4v) is 3.24. The molecule has 0 aromatic heterocycles. The standard InChI is InChI=1S/C21H21F3N2O2/c22-21(23,24)18-8-6-15(7-9-18)10-11-25-20(28)17-12-19(27)26(14-17)13-16-4-2-1-3-5-16/h1-9,17H,10-14H2,(H,25,28)/t17-/m1/s1. The number of nitrogens with zero attached hydrogens (tertiary/aromatic N) is 1. The van der Waals surface area contributed by atoms with Gasteiger partial charge in [-0.25, -0.2) is 0 Å². The van der Waals surface area contributed by atoms with Crippen LogP contribution in [0, 0.1) is 5.92 Å². The molecule has 28 heavy (non-hydrogen) atoms. The topological polar surface area (TPSA) is 49.4 Å². The van der Waals surface area contributed by atoms with Crippen molar-refractivity contribution in [3.05, 3.63) is 71.3 Å². The molecule has 3 rings (SSSR count). The molecule has 2 amide bonds. The predicted molar refractivity (Wildman–Crippen MR) is 98.1 cm³/mol. The van der Waals surface area contributed by atoms with Crippen molar-refractivity contribution in [3.63, 3.8) is 0 Å². The van der Waals surface area contributed by atoms with Gasteiger partial charge in [0.2, 0.25) is 11.8 Å². The lowest BCUT2D eigenvalue weighted by Crippen LogP contribution is -2.34. The number of carbonyl (C=O) groups excluding carboxylic acids is 2. The monoisotopic (exact) mass is 390 g/mol. The van der Waals surface area contributed by atoms with Gasteiger partial charge < -0.3 is 10.2 Å². The lowest BCUT2D eigenvalue weighted by molar-refractivity contribution is -0.137. The van der Waals surface area contributed by atoms with Crippen LogP contribution in [0.4, 0.5) is 13.2 Å². The maximum Gasteiger partial charge on any atom is 0.416 e. The predicted octanol–water partition coefficient (Wildman–Crippen LogP) is 3.41. The average Bonchev–Trinajstić information content (AvgIpc) is 3.03. The third-order valence-corrected chi connectivity index (χ3v) is 4.80. The molecule has 1 saturated heterocycles. The van der Waals surface area contributed by atoms with Crippen LogP contribution in [-0.2, 0) is 28.7 Å². The Morgan fingerprint density at radius 1 is 1.04 bits per heavy atom. The summed E-state index contributed by atoms with van der Waals surface area (Å²) in [6, 6.07) is 14.5. The molecule has 2 aromatic carbocycles. The summed E-state index contributed by atoms with van der Waals surface area (Å²) in [5.74, 6) is -0.647. The van der Waals surface area contributed by atoms with Gasteiger partial charge in [-0.2, -0.15) is 13.2 Å². The lowest BCUT2D eigenvalue weighted by atomic mass is 10.1. The molecular weight excluding hydrogens is 369 g/mol. The summed E-state index contributed by atoms with van der Waals surface area (Å²) >= 11 is 0. The van der Waals surface area contributed by atoms with E-state index in [1.54, 1.807) is 4.90 Å². The Bertz CT molecular complexity index is 820. The van der Waals surface area contributed by atoms with Gasteiger partial charge in [-0.15, -0.1) is 0 Å².